The van der Waals surface area contributed by atoms with Gasteiger partial charge >= 0.3 is 85.3 Å². The number of rotatable bonds is 0. The van der Waals surface area contributed by atoms with Crippen LogP contribution >= 0.6 is 0 Å². The molecule has 0 aromatic heterocycles. The molecule has 0 N–H and O–H groups in total. The Morgan fingerprint density at radius 3 is 1.50 bits per heavy atom. The predicted octanol–water partition coefficient (Wildman–Crippen LogP) is -1.30. The van der Waals surface area contributed by atoms with E-state index < -0.39 is 0 Å². The van der Waals surface area contributed by atoms with Crippen molar-refractivity contribution in [3.05, 3.63) is 0 Å². The van der Waals surface area contributed by atoms with Crippen LogP contribution in [-0.4, -0.2) is 4.25 Å². The van der Waals surface area contributed by atoms with Crippen molar-refractivity contribution in [2.45, 2.75) is 0 Å². The van der Waals surface area contributed by atoms with Crippen molar-refractivity contribution in [2.75, 3.05) is 0 Å². The summed E-state index contributed by atoms with van der Waals surface area (Å²) in [5, 5.41) is 0. The summed E-state index contributed by atoms with van der Waals surface area (Å²) < 4.78 is 9.91. The maximum atomic E-state index is 8.42. The Morgan fingerprint density at radius 1 is 1.50 bits per heavy atom. The molecule has 0 amide bonds. The van der Waals surface area contributed by atoms with Crippen LogP contribution < -0.4 is 0 Å². The van der Waals surface area contributed by atoms with Gasteiger partial charge in [0.15, 0.2) is 0 Å². The molecule has 0 saturated carbocycles. The molecule has 0 aromatic carbocycles. The van der Waals surface area contributed by atoms with Crippen LogP contribution in [0.1, 0.15) is 0 Å². The van der Waals surface area contributed by atoms with Gasteiger partial charge in [0.1, 0.15) is 0 Å². The van der Waals surface area contributed by atoms with E-state index in [4.69, 9.17) is 0.995 Å². The van der Waals surface area contributed by atoms with E-state index in [-0.39, 0.29) is 39.3 Å². The summed E-state index contributed by atoms with van der Waals surface area (Å²) in [4.78, 5) is 0. The summed E-state index contributed by atoms with van der Waals surface area (Å²) in [6, 6.07) is 0. The van der Waals surface area contributed by atoms with Gasteiger partial charge in [-0.3, -0.25) is 0 Å². The predicted molar refractivity (Wildman–Crippen MR) is 10.6 cm³/mol. The third-order valence-electron chi connectivity index (χ3n) is 0. The van der Waals surface area contributed by atoms with Crippen molar-refractivity contribution >= 4 is 4.25 Å². The Hall–Kier alpha value is 2.82. The summed E-state index contributed by atoms with van der Waals surface area (Å²) in [7, 11) is 0. The van der Waals surface area contributed by atoms with E-state index in [2.05, 4.69) is 0 Å². The summed E-state index contributed by atoms with van der Waals surface area (Å²) in [5.41, 5.74) is 0. The van der Waals surface area contributed by atoms with E-state index in [1.54, 1.807) is 0 Å². The Kier molecular flexibility index (Phi) is 42.3. The van der Waals surface area contributed by atoms with Crippen molar-refractivity contribution in [1.29, 1.82) is 0 Å². The van der Waals surface area contributed by atoms with Gasteiger partial charge in [0, 0.05) is 0 Å². The standard InChI is InChI=1S/Ac.O.Pr.H3Si/h;;;1H3. The van der Waals surface area contributed by atoms with Gasteiger partial charge in [0.25, 0.3) is 0 Å². The average Bonchev–Trinajstić information content (AvgIpc) is 1.50. The third-order valence-corrected chi connectivity index (χ3v) is 0. The first kappa shape index (κ1) is 9.94. The summed E-state index contributed by atoms with van der Waals surface area (Å²) >= 11 is 1.11. The minimum atomic E-state index is -0.0833. The molecule has 0 aliphatic carbocycles. The molecule has 0 radical (unpaired) electrons. The Morgan fingerprint density at radius 2 is 1.50 bits per heavy atom. The van der Waals surface area contributed by atoms with Gasteiger partial charge in [-0.1, -0.05) is 0 Å². The topological polar surface area (TPSA) is 17.1 Å². The zero-order valence-electron chi connectivity index (χ0n) is 2.56. The van der Waals surface area contributed by atoms with Crippen LogP contribution in [0.25, 0.3) is 0 Å². The molecule has 4 heavy (non-hydrogen) atoms. The van der Waals surface area contributed by atoms with E-state index in [0.717, 1.165) is 0 Å². The Bertz CT molecular complexity index is 8.00. The molecular weight excluding hydrogens is 412 g/mol. The molecular formula is H3AcOPrSi. The molecule has 0 bridgehead atoms. The molecule has 0 unspecified atom stereocenters. The second-order valence-corrected chi connectivity index (χ2v) is 0. The van der Waals surface area contributed by atoms with Gasteiger partial charge in [0.05, 0.1) is 0 Å². The minimum absolute atomic E-state index is 0.0833. The molecule has 0 fully saturated rings. The summed E-state index contributed by atoms with van der Waals surface area (Å²) in [6.07, 6.45) is 0. The third kappa shape index (κ3) is 8.84. The van der Waals surface area contributed by atoms with Crippen LogP contribution in [-0.2, 0) is 0.995 Å². The fourth-order valence-electron chi connectivity index (χ4n) is 0. The fraction of sp³-hybridized carbons (Fsp3) is 0. The van der Waals surface area contributed by atoms with Gasteiger partial charge in [-0.25, -0.2) is 0 Å². The van der Waals surface area contributed by atoms with Crippen molar-refractivity contribution < 1.29 is 81.0 Å². The monoisotopic (exact) mass is 415 g/mol. The van der Waals surface area contributed by atoms with E-state index >= 15 is 0 Å². The van der Waals surface area contributed by atoms with Crippen molar-refractivity contribution in [2.24, 2.45) is 0 Å². The van der Waals surface area contributed by atoms with Gasteiger partial charge in [-0.2, -0.15) is 0 Å². The molecule has 0 rings (SSSR count). The average molecular weight is 415 g/mol. The first-order chi connectivity index (χ1) is 2.00. The second-order valence-electron chi connectivity index (χ2n) is 0. The first-order valence-electron chi connectivity index (χ1n) is 0.813. The van der Waals surface area contributed by atoms with Crippen LogP contribution in [0.4, 0.5) is 0 Å². The van der Waals surface area contributed by atoms with Crippen molar-refractivity contribution in [3.8, 4) is 0 Å². The molecule has 0 spiro atoms. The van der Waals surface area contributed by atoms with Crippen LogP contribution in [0.3, 0.4) is 0 Å². The SMILES string of the molecule is [O]=[Pr].[SiH3][Ac]. The molecule has 1 nitrogen and oxygen atoms in total. The van der Waals surface area contributed by atoms with Gasteiger partial charge < -0.3 is 0 Å². The number of hydrogen-bond acceptors (Lipinski definition) is 1. The van der Waals surface area contributed by atoms with Crippen LogP contribution in [0, 0.1) is 80.0 Å². The molecule has 0 atom stereocenters. The van der Waals surface area contributed by atoms with Crippen molar-refractivity contribution in [3.63, 3.8) is 0 Å². The van der Waals surface area contributed by atoms with E-state index in [9.17, 15) is 0 Å². The summed E-state index contributed by atoms with van der Waals surface area (Å²) in [5.74, 6) is 0. The Labute approximate surface area is 82.6 Å². The second kappa shape index (κ2) is 17.0. The maximum absolute atomic E-state index is 8.42. The normalized spacial score (nSPS) is 4.00. The molecule has 0 aliphatic rings. The molecule has 4 heteroatoms. The fourth-order valence-corrected chi connectivity index (χ4v) is 0. The van der Waals surface area contributed by atoms with Gasteiger partial charge in [0.2, 0.25) is 0 Å². The zero-order valence-corrected chi connectivity index (χ0v) is 13.0. The van der Waals surface area contributed by atoms with Crippen LogP contribution in [0.5, 0.6) is 0 Å². The number of hydrogen-bond donors (Lipinski definition) is 0. The molecule has 19 valence electrons. The molecule has 0 aromatic rings. The quantitative estimate of drug-likeness (QED) is 0.450. The van der Waals surface area contributed by atoms with Crippen LogP contribution in [0.2, 0.25) is 0 Å². The molecule has 0 saturated heterocycles. The van der Waals surface area contributed by atoms with E-state index in [1.165, 1.54) is 45.0 Å². The van der Waals surface area contributed by atoms with E-state index in [0.29, 0.717) is 0 Å². The molecule has 0 heterocycles. The van der Waals surface area contributed by atoms with Crippen molar-refractivity contribution in [1.82, 2.24) is 0 Å². The first-order valence-corrected chi connectivity index (χ1v) is 17.7. The van der Waals surface area contributed by atoms with Gasteiger partial charge in [-0.05, 0) is 0 Å². The summed E-state index contributed by atoms with van der Waals surface area (Å²) in [6.45, 7) is 0. The molecule has 0 aliphatic heterocycles. The van der Waals surface area contributed by atoms with Crippen LogP contribution in [0.15, 0.2) is 0 Å². The van der Waals surface area contributed by atoms with Gasteiger partial charge in [-0.15, -0.1) is 0 Å². The van der Waals surface area contributed by atoms with E-state index in [1.807, 2.05) is 0 Å². The zero-order chi connectivity index (χ0) is 4.00. The Balaban J connectivity index is 0.